The molecule has 0 amide bonds. The van der Waals surface area contributed by atoms with Crippen molar-refractivity contribution in [3.63, 3.8) is 0 Å². The summed E-state index contributed by atoms with van der Waals surface area (Å²) in [5.74, 6) is -2.95. The number of carbonyl (C=O) groups excluding carboxylic acids is 4. The summed E-state index contributed by atoms with van der Waals surface area (Å²) in [4.78, 5) is 47.7. The molecule has 0 aromatic heterocycles. The van der Waals surface area contributed by atoms with Gasteiger partial charge in [0.1, 0.15) is 12.2 Å². The van der Waals surface area contributed by atoms with Gasteiger partial charge in [-0.2, -0.15) is 0 Å². The van der Waals surface area contributed by atoms with Gasteiger partial charge in [0, 0.05) is 12.8 Å². The molecule has 34 heavy (non-hydrogen) atoms. The molecule has 0 spiro atoms. The summed E-state index contributed by atoms with van der Waals surface area (Å²) in [6.45, 7) is 5.14. The molecule has 0 aliphatic rings. The third-order valence-electron chi connectivity index (χ3n) is 4.16. The van der Waals surface area contributed by atoms with Crippen LogP contribution in [0.2, 0.25) is 0 Å². The van der Waals surface area contributed by atoms with E-state index in [-0.39, 0.29) is 51.7 Å². The Bertz CT molecular complexity index is 575. The number of aliphatic hydroxyl groups excluding tert-OH is 4. The minimum Gasteiger partial charge on any atom is -0.465 e. The predicted octanol–water partition coefficient (Wildman–Crippen LogP) is -0.240. The second-order valence-electron chi connectivity index (χ2n) is 8.29. The van der Waals surface area contributed by atoms with E-state index in [0.717, 1.165) is 0 Å². The Morgan fingerprint density at radius 1 is 0.529 bits per heavy atom. The van der Waals surface area contributed by atoms with Crippen LogP contribution in [0, 0.1) is 0 Å². The van der Waals surface area contributed by atoms with E-state index in [2.05, 4.69) is 0 Å². The van der Waals surface area contributed by atoms with Crippen LogP contribution < -0.4 is 0 Å². The maximum atomic E-state index is 12.2. The summed E-state index contributed by atoms with van der Waals surface area (Å²) in [6.07, 6.45) is -7.38. The van der Waals surface area contributed by atoms with Crippen LogP contribution in [0.1, 0.15) is 66.2 Å². The zero-order valence-corrected chi connectivity index (χ0v) is 20.2. The van der Waals surface area contributed by atoms with E-state index in [1.165, 1.54) is 27.7 Å². The van der Waals surface area contributed by atoms with E-state index in [9.17, 15) is 39.6 Å². The van der Waals surface area contributed by atoms with Crippen molar-refractivity contribution in [3.8, 4) is 0 Å². The van der Waals surface area contributed by atoms with Gasteiger partial charge in [0.05, 0.1) is 63.3 Å². The number of carbonyl (C=O) groups is 4. The molecule has 0 heterocycles. The van der Waals surface area contributed by atoms with Gasteiger partial charge in [-0.1, -0.05) is 0 Å². The Morgan fingerprint density at radius 3 is 1.06 bits per heavy atom. The van der Waals surface area contributed by atoms with Gasteiger partial charge in [-0.3, -0.25) is 19.2 Å². The largest absolute Gasteiger partial charge is 0.465 e. The van der Waals surface area contributed by atoms with Crippen molar-refractivity contribution in [3.05, 3.63) is 0 Å². The zero-order valence-electron chi connectivity index (χ0n) is 20.2. The van der Waals surface area contributed by atoms with E-state index in [0.29, 0.717) is 0 Å². The van der Waals surface area contributed by atoms with Crippen LogP contribution in [0.5, 0.6) is 0 Å². The van der Waals surface area contributed by atoms with Crippen LogP contribution in [0.3, 0.4) is 0 Å². The summed E-state index contributed by atoms with van der Waals surface area (Å²) in [6, 6.07) is 0. The molecule has 12 nitrogen and oxygen atoms in total. The first-order valence-corrected chi connectivity index (χ1v) is 11.2. The third kappa shape index (κ3) is 17.2. The fourth-order valence-corrected chi connectivity index (χ4v) is 2.74. The first kappa shape index (κ1) is 31.7. The smallest absolute Gasteiger partial charge is 0.308 e. The quantitative estimate of drug-likeness (QED) is 0.154. The number of esters is 4. The lowest BCUT2D eigenvalue weighted by Crippen LogP contribution is -2.38. The molecule has 6 unspecified atom stereocenters. The van der Waals surface area contributed by atoms with Crippen LogP contribution in [0.4, 0.5) is 0 Å². The van der Waals surface area contributed by atoms with Gasteiger partial charge < -0.3 is 39.4 Å². The van der Waals surface area contributed by atoms with E-state index in [1.54, 1.807) is 0 Å². The van der Waals surface area contributed by atoms with Crippen LogP contribution >= 0.6 is 0 Å². The minimum absolute atomic E-state index is 0.0919. The standard InChI is InChI=1S/C22H38O12/c1-13(23)9-19(27)31-7-5-17(33-21(29)11-15(3)25)18(34-22(30)12-16(4)26)6-8-32-20(28)10-14(2)24/h13-18,23-26H,5-12H2,1-4H3. The molecule has 12 heteroatoms. The SMILES string of the molecule is CC(O)CC(=O)OCCC(OC(=O)CC(C)O)C(CCOC(=O)CC(C)O)OC(=O)CC(C)O. The maximum Gasteiger partial charge on any atom is 0.308 e. The second-order valence-corrected chi connectivity index (χ2v) is 8.29. The summed E-state index contributed by atoms with van der Waals surface area (Å²) >= 11 is 0. The lowest BCUT2D eigenvalue weighted by molar-refractivity contribution is -0.174. The van der Waals surface area contributed by atoms with E-state index in [4.69, 9.17) is 18.9 Å². The highest BCUT2D eigenvalue weighted by atomic mass is 16.6. The Balaban J connectivity index is 5.38. The van der Waals surface area contributed by atoms with Crippen molar-refractivity contribution in [2.24, 2.45) is 0 Å². The molecule has 0 aromatic rings. The molecule has 0 saturated carbocycles. The van der Waals surface area contributed by atoms with Crippen molar-refractivity contribution >= 4 is 23.9 Å². The molecule has 198 valence electrons. The highest BCUT2D eigenvalue weighted by Crippen LogP contribution is 2.17. The van der Waals surface area contributed by atoms with Crippen LogP contribution in [-0.4, -0.2) is 94.1 Å². The van der Waals surface area contributed by atoms with Crippen molar-refractivity contribution in [1.82, 2.24) is 0 Å². The zero-order chi connectivity index (χ0) is 26.3. The summed E-state index contributed by atoms with van der Waals surface area (Å²) in [5.41, 5.74) is 0. The number of hydrogen-bond donors (Lipinski definition) is 4. The molecule has 4 N–H and O–H groups in total. The van der Waals surface area contributed by atoms with Crippen molar-refractivity contribution in [2.45, 2.75) is 103 Å². The summed E-state index contributed by atoms with van der Waals surface area (Å²) in [5, 5.41) is 37.4. The highest BCUT2D eigenvalue weighted by Gasteiger charge is 2.30. The first-order chi connectivity index (χ1) is 15.8. The fraction of sp³-hybridized carbons (Fsp3) is 0.818. The lowest BCUT2D eigenvalue weighted by atomic mass is 10.1. The van der Waals surface area contributed by atoms with Gasteiger partial charge in [0.2, 0.25) is 0 Å². The Labute approximate surface area is 199 Å². The number of ether oxygens (including phenoxy) is 4. The van der Waals surface area contributed by atoms with Gasteiger partial charge in [-0.15, -0.1) is 0 Å². The molecule has 0 rings (SSSR count). The van der Waals surface area contributed by atoms with Crippen LogP contribution in [-0.2, 0) is 38.1 Å². The van der Waals surface area contributed by atoms with Crippen molar-refractivity contribution in [1.29, 1.82) is 0 Å². The molecular formula is C22H38O12. The Kier molecular flexibility index (Phi) is 16.0. The normalized spacial score (nSPS) is 16.4. The molecule has 0 aliphatic heterocycles. The van der Waals surface area contributed by atoms with Crippen LogP contribution in [0.15, 0.2) is 0 Å². The van der Waals surface area contributed by atoms with Gasteiger partial charge in [0.15, 0.2) is 0 Å². The monoisotopic (exact) mass is 494 g/mol. The van der Waals surface area contributed by atoms with E-state index >= 15 is 0 Å². The van der Waals surface area contributed by atoms with Crippen molar-refractivity contribution < 1.29 is 58.6 Å². The fourth-order valence-electron chi connectivity index (χ4n) is 2.74. The molecule has 0 saturated heterocycles. The van der Waals surface area contributed by atoms with E-state index in [1.807, 2.05) is 0 Å². The summed E-state index contributed by atoms with van der Waals surface area (Å²) < 4.78 is 20.7. The first-order valence-electron chi connectivity index (χ1n) is 11.2. The van der Waals surface area contributed by atoms with Crippen molar-refractivity contribution in [2.75, 3.05) is 13.2 Å². The average Bonchev–Trinajstić information content (AvgIpc) is 2.63. The molecule has 0 bridgehead atoms. The molecule has 0 fully saturated rings. The summed E-state index contributed by atoms with van der Waals surface area (Å²) in [7, 11) is 0. The molecule has 0 radical (unpaired) electrons. The topological polar surface area (TPSA) is 186 Å². The van der Waals surface area contributed by atoms with Crippen LogP contribution in [0.25, 0.3) is 0 Å². The number of hydrogen-bond acceptors (Lipinski definition) is 12. The highest BCUT2D eigenvalue weighted by molar-refractivity contribution is 5.71. The lowest BCUT2D eigenvalue weighted by Gasteiger charge is -2.27. The van der Waals surface area contributed by atoms with Gasteiger partial charge in [0.25, 0.3) is 0 Å². The van der Waals surface area contributed by atoms with Gasteiger partial charge in [-0.25, -0.2) is 0 Å². The number of rotatable bonds is 17. The Hall–Kier alpha value is -2.28. The number of aliphatic hydroxyl groups is 4. The molecule has 0 aromatic carbocycles. The third-order valence-corrected chi connectivity index (χ3v) is 4.16. The van der Waals surface area contributed by atoms with E-state index < -0.39 is 60.5 Å². The molecular weight excluding hydrogens is 456 g/mol. The average molecular weight is 495 g/mol. The van der Waals surface area contributed by atoms with Gasteiger partial charge in [-0.05, 0) is 27.7 Å². The minimum atomic E-state index is -1.13. The van der Waals surface area contributed by atoms with Gasteiger partial charge >= 0.3 is 23.9 Å². The maximum absolute atomic E-state index is 12.2. The predicted molar refractivity (Wildman–Crippen MR) is 116 cm³/mol. The molecule has 6 atom stereocenters. The molecule has 0 aliphatic carbocycles. The second kappa shape index (κ2) is 17.2. The Morgan fingerprint density at radius 2 is 0.794 bits per heavy atom.